The normalized spacial score (nSPS) is 9.33. The van der Waals surface area contributed by atoms with Crippen LogP contribution in [0.15, 0.2) is 24.5 Å². The number of rotatable bonds is 5. The second-order valence-electron chi connectivity index (χ2n) is 5.39. The van der Waals surface area contributed by atoms with Gasteiger partial charge in [-0.15, -0.1) is 0 Å². The van der Waals surface area contributed by atoms with Crippen molar-refractivity contribution >= 4 is 11.8 Å². The summed E-state index contributed by atoms with van der Waals surface area (Å²) < 4.78 is 14.4. The van der Waals surface area contributed by atoms with Gasteiger partial charge in [0, 0.05) is 12.4 Å². The molecule has 27 heavy (non-hydrogen) atoms. The quantitative estimate of drug-likeness (QED) is 0.582. The van der Waals surface area contributed by atoms with Crippen molar-refractivity contribution in [1.82, 2.24) is 9.97 Å². The largest absolute Gasteiger partial charge is 0.480 e. The number of nitriles is 1. The highest BCUT2D eigenvalue weighted by molar-refractivity contribution is 5.99. The summed E-state index contributed by atoms with van der Waals surface area (Å²) in [7, 11) is 4.23. The van der Waals surface area contributed by atoms with E-state index in [1.54, 1.807) is 30.6 Å². The van der Waals surface area contributed by atoms with Crippen molar-refractivity contribution in [3.05, 3.63) is 46.8 Å². The third-order valence-electron chi connectivity index (χ3n) is 3.31. The Morgan fingerprint density at radius 1 is 0.963 bits per heavy atom. The summed E-state index contributed by atoms with van der Waals surface area (Å²) >= 11 is 0. The molecule has 0 aliphatic heterocycles. The van der Waals surface area contributed by atoms with Gasteiger partial charge in [-0.25, -0.2) is 14.8 Å². The number of carbonyl (C=O) groups excluding carboxylic acids is 2. The number of Topliss-reactive ketones (excluding diaryl/α,β-unsaturated/α-hetero) is 1. The Bertz CT molecular complexity index is 859. The third-order valence-corrected chi connectivity index (χ3v) is 3.31. The third kappa shape index (κ3) is 6.08. The lowest BCUT2D eigenvalue weighted by Gasteiger charge is -2.05. The summed E-state index contributed by atoms with van der Waals surface area (Å²) in [4.78, 5) is 30.5. The van der Waals surface area contributed by atoms with Crippen LogP contribution >= 0.6 is 0 Å². The van der Waals surface area contributed by atoms with Crippen molar-refractivity contribution in [3.63, 3.8) is 0 Å². The van der Waals surface area contributed by atoms with Gasteiger partial charge in [-0.3, -0.25) is 4.79 Å². The maximum absolute atomic E-state index is 11.4. The number of hydrogen-bond donors (Lipinski definition) is 0. The average molecular weight is 371 g/mol. The molecule has 0 unspecified atom stereocenters. The molecule has 0 atom stereocenters. The minimum atomic E-state index is -0.437. The number of hydrogen-bond acceptors (Lipinski definition) is 8. The van der Waals surface area contributed by atoms with Crippen LogP contribution in [0.4, 0.5) is 0 Å². The SMILES string of the molecule is COC(=O)c1cc(C)cnc1OC.COc1ncc(C)cc1C(=O)CC#N. The highest BCUT2D eigenvalue weighted by atomic mass is 16.5. The first-order valence-electron chi connectivity index (χ1n) is 7.87. The molecule has 2 aromatic rings. The Morgan fingerprint density at radius 3 is 1.89 bits per heavy atom. The van der Waals surface area contributed by atoms with Crippen LogP contribution in [-0.2, 0) is 4.74 Å². The first kappa shape index (κ1) is 21.6. The molecular weight excluding hydrogens is 350 g/mol. The number of esters is 1. The molecular formula is C19H21N3O5. The number of nitrogens with zero attached hydrogens (tertiary/aromatic N) is 3. The molecule has 0 aliphatic rings. The van der Waals surface area contributed by atoms with E-state index in [1.807, 2.05) is 13.8 Å². The predicted molar refractivity (Wildman–Crippen MR) is 97.0 cm³/mol. The fourth-order valence-electron chi connectivity index (χ4n) is 2.06. The summed E-state index contributed by atoms with van der Waals surface area (Å²) in [6, 6.07) is 5.15. The lowest BCUT2D eigenvalue weighted by atomic mass is 10.1. The van der Waals surface area contributed by atoms with Crippen LogP contribution < -0.4 is 9.47 Å². The molecule has 0 radical (unpaired) electrons. The van der Waals surface area contributed by atoms with Gasteiger partial charge in [0.25, 0.3) is 0 Å². The molecule has 0 saturated heterocycles. The number of methoxy groups -OCH3 is 3. The first-order chi connectivity index (χ1) is 12.9. The van der Waals surface area contributed by atoms with Crippen LogP contribution in [0.5, 0.6) is 11.8 Å². The van der Waals surface area contributed by atoms with Gasteiger partial charge in [0.15, 0.2) is 5.78 Å². The molecule has 8 heteroatoms. The van der Waals surface area contributed by atoms with E-state index in [9.17, 15) is 9.59 Å². The molecule has 0 aromatic carbocycles. The number of carbonyl (C=O) groups is 2. The van der Waals surface area contributed by atoms with Gasteiger partial charge >= 0.3 is 5.97 Å². The second kappa shape index (κ2) is 10.5. The van der Waals surface area contributed by atoms with Crippen LogP contribution in [0.1, 0.15) is 38.3 Å². The van der Waals surface area contributed by atoms with E-state index in [1.165, 1.54) is 21.3 Å². The summed E-state index contributed by atoms with van der Waals surface area (Å²) in [5, 5.41) is 8.40. The van der Waals surface area contributed by atoms with E-state index < -0.39 is 5.97 Å². The number of ketones is 1. The summed E-state index contributed by atoms with van der Waals surface area (Å²) in [6.45, 7) is 3.68. The highest BCUT2D eigenvalue weighted by Gasteiger charge is 2.14. The molecule has 142 valence electrons. The van der Waals surface area contributed by atoms with Crippen molar-refractivity contribution < 1.29 is 23.8 Å². The van der Waals surface area contributed by atoms with Gasteiger partial charge in [0.05, 0.1) is 39.4 Å². The van der Waals surface area contributed by atoms with Crippen molar-refractivity contribution in [1.29, 1.82) is 5.26 Å². The molecule has 0 N–H and O–H groups in total. The zero-order valence-corrected chi connectivity index (χ0v) is 15.9. The van der Waals surface area contributed by atoms with Crippen molar-refractivity contribution in [2.24, 2.45) is 0 Å². The van der Waals surface area contributed by atoms with Crippen LogP contribution in [-0.4, -0.2) is 43.0 Å². The van der Waals surface area contributed by atoms with E-state index in [0.717, 1.165) is 11.1 Å². The zero-order chi connectivity index (χ0) is 20.4. The molecule has 0 spiro atoms. The fraction of sp³-hybridized carbons (Fsp3) is 0.316. The molecule has 0 fully saturated rings. The van der Waals surface area contributed by atoms with Crippen molar-refractivity contribution in [2.75, 3.05) is 21.3 Å². The predicted octanol–water partition coefficient (Wildman–Crippen LogP) is 2.68. The van der Waals surface area contributed by atoms with Crippen LogP contribution in [0.25, 0.3) is 0 Å². The van der Waals surface area contributed by atoms with Crippen LogP contribution in [0.3, 0.4) is 0 Å². The smallest absolute Gasteiger partial charge is 0.343 e. The van der Waals surface area contributed by atoms with Gasteiger partial charge in [0.2, 0.25) is 11.8 Å². The summed E-state index contributed by atoms with van der Waals surface area (Å²) in [5.41, 5.74) is 2.48. The number of aryl methyl sites for hydroxylation is 2. The number of pyridine rings is 2. The van der Waals surface area contributed by atoms with E-state index in [0.29, 0.717) is 11.1 Å². The van der Waals surface area contributed by atoms with Crippen molar-refractivity contribution in [2.45, 2.75) is 20.3 Å². The molecule has 0 bridgehead atoms. The molecule has 2 rings (SSSR count). The molecule has 2 heterocycles. The Labute approximate surface area is 157 Å². The Morgan fingerprint density at radius 2 is 1.44 bits per heavy atom. The molecule has 8 nitrogen and oxygen atoms in total. The zero-order valence-electron chi connectivity index (χ0n) is 15.9. The van der Waals surface area contributed by atoms with Gasteiger partial charge in [0.1, 0.15) is 5.56 Å². The average Bonchev–Trinajstić information content (AvgIpc) is 2.68. The fourth-order valence-corrected chi connectivity index (χ4v) is 2.06. The minimum absolute atomic E-state index is 0.151. The lowest BCUT2D eigenvalue weighted by molar-refractivity contribution is 0.0596. The van der Waals surface area contributed by atoms with Crippen molar-refractivity contribution in [3.8, 4) is 17.8 Å². The van der Waals surface area contributed by atoms with E-state index in [-0.39, 0.29) is 24.0 Å². The number of ether oxygens (including phenoxy) is 3. The highest BCUT2D eigenvalue weighted by Crippen LogP contribution is 2.18. The van der Waals surface area contributed by atoms with Gasteiger partial charge in [-0.1, -0.05) is 0 Å². The monoisotopic (exact) mass is 371 g/mol. The standard InChI is InChI=1S/C10H10N2O2.C9H11NO3/c1-7-5-8(9(13)3-4-11)10(14-2)12-6-7;1-6-4-7(9(11)13-3)8(12-2)10-5-6/h5-6H,3H2,1-2H3;4-5H,1-3H3. The second-order valence-corrected chi connectivity index (χ2v) is 5.39. The maximum Gasteiger partial charge on any atom is 0.343 e. The van der Waals surface area contributed by atoms with Crippen LogP contribution in [0.2, 0.25) is 0 Å². The summed E-state index contributed by atoms with van der Waals surface area (Å²) in [5.74, 6) is -0.137. The van der Waals surface area contributed by atoms with Crippen LogP contribution in [0, 0.1) is 25.2 Å². The molecule has 2 aromatic heterocycles. The minimum Gasteiger partial charge on any atom is -0.480 e. The summed E-state index contributed by atoms with van der Waals surface area (Å²) in [6.07, 6.45) is 3.09. The molecule has 0 amide bonds. The number of aromatic nitrogens is 2. The van der Waals surface area contributed by atoms with E-state index in [2.05, 4.69) is 14.7 Å². The Hall–Kier alpha value is -3.47. The Kier molecular flexibility index (Phi) is 8.39. The van der Waals surface area contributed by atoms with E-state index in [4.69, 9.17) is 14.7 Å². The van der Waals surface area contributed by atoms with E-state index >= 15 is 0 Å². The Balaban J connectivity index is 0.000000271. The lowest BCUT2D eigenvalue weighted by Crippen LogP contribution is -2.05. The molecule has 0 aliphatic carbocycles. The maximum atomic E-state index is 11.4. The molecule has 0 saturated carbocycles. The van der Waals surface area contributed by atoms with Gasteiger partial charge < -0.3 is 14.2 Å². The topological polar surface area (TPSA) is 111 Å². The van der Waals surface area contributed by atoms with Gasteiger partial charge in [-0.05, 0) is 37.1 Å². The van der Waals surface area contributed by atoms with Gasteiger partial charge in [-0.2, -0.15) is 5.26 Å². The first-order valence-corrected chi connectivity index (χ1v) is 7.87.